The molecule has 0 bridgehead atoms. The molecule has 0 aliphatic heterocycles. The molecule has 170 valence electrons. The van der Waals surface area contributed by atoms with Crippen LogP contribution < -0.4 is 15.4 Å². The second kappa shape index (κ2) is 9.67. The zero-order chi connectivity index (χ0) is 23.3. The number of imidazole rings is 1. The maximum Gasteiger partial charge on any atom is 0.319 e. The van der Waals surface area contributed by atoms with E-state index in [1.165, 1.54) is 0 Å². The summed E-state index contributed by atoms with van der Waals surface area (Å²) in [6.07, 6.45) is 1.80. The van der Waals surface area contributed by atoms with E-state index >= 15 is 0 Å². The predicted octanol–water partition coefficient (Wildman–Crippen LogP) is 5.77. The Bertz CT molecular complexity index is 1440. The van der Waals surface area contributed by atoms with Crippen molar-refractivity contribution in [3.8, 4) is 5.75 Å². The maximum absolute atomic E-state index is 13.0. The Morgan fingerprint density at radius 3 is 2.68 bits per heavy atom. The monoisotopic (exact) mass is 450 g/mol. The van der Waals surface area contributed by atoms with Crippen molar-refractivity contribution in [1.29, 1.82) is 0 Å². The van der Waals surface area contributed by atoms with Crippen LogP contribution in [-0.4, -0.2) is 28.2 Å². The van der Waals surface area contributed by atoms with Crippen molar-refractivity contribution in [2.24, 2.45) is 0 Å². The van der Waals surface area contributed by atoms with Crippen molar-refractivity contribution in [1.82, 2.24) is 14.9 Å². The summed E-state index contributed by atoms with van der Waals surface area (Å²) in [7, 11) is 0. The fraction of sp³-hybridized carbons (Fsp3) is 0.143. The number of benzene rings is 4. The van der Waals surface area contributed by atoms with Crippen LogP contribution in [0.1, 0.15) is 5.56 Å². The second-order valence-corrected chi connectivity index (χ2v) is 8.34. The molecule has 6 nitrogen and oxygen atoms in total. The third kappa shape index (κ3) is 4.86. The van der Waals surface area contributed by atoms with Crippen LogP contribution in [0, 0.1) is 6.92 Å². The number of hydrogen-bond acceptors (Lipinski definition) is 3. The first-order valence-corrected chi connectivity index (χ1v) is 11.3. The maximum atomic E-state index is 13.0. The molecule has 34 heavy (non-hydrogen) atoms. The third-order valence-corrected chi connectivity index (χ3v) is 5.76. The first-order chi connectivity index (χ1) is 16.7. The largest absolute Gasteiger partial charge is 0.491 e. The van der Waals surface area contributed by atoms with E-state index in [0.29, 0.717) is 13.2 Å². The summed E-state index contributed by atoms with van der Waals surface area (Å²) in [4.78, 5) is 17.5. The second-order valence-electron chi connectivity index (χ2n) is 8.34. The molecule has 5 rings (SSSR count). The van der Waals surface area contributed by atoms with E-state index < -0.39 is 0 Å². The highest BCUT2D eigenvalue weighted by Gasteiger charge is 2.17. The molecule has 2 amide bonds. The zero-order valence-corrected chi connectivity index (χ0v) is 18.9. The summed E-state index contributed by atoms with van der Waals surface area (Å²) in [5, 5.41) is 8.17. The van der Waals surface area contributed by atoms with Crippen molar-refractivity contribution in [2.75, 3.05) is 11.9 Å². The van der Waals surface area contributed by atoms with Crippen LogP contribution in [0.25, 0.3) is 21.8 Å². The molecule has 0 fully saturated rings. The highest BCUT2D eigenvalue weighted by atomic mass is 16.5. The molecule has 1 aromatic heterocycles. The summed E-state index contributed by atoms with van der Waals surface area (Å²) in [6.45, 7) is 2.87. The molecule has 0 aliphatic rings. The van der Waals surface area contributed by atoms with Crippen LogP contribution in [-0.2, 0) is 6.54 Å². The fourth-order valence-corrected chi connectivity index (χ4v) is 4.11. The van der Waals surface area contributed by atoms with Gasteiger partial charge in [-0.15, -0.1) is 0 Å². The van der Waals surface area contributed by atoms with Gasteiger partial charge in [0.05, 0.1) is 29.1 Å². The van der Waals surface area contributed by atoms with E-state index in [1.807, 2.05) is 102 Å². The zero-order valence-electron chi connectivity index (χ0n) is 18.9. The number of rotatable bonds is 7. The lowest BCUT2D eigenvalue weighted by Gasteiger charge is -2.21. The predicted molar refractivity (Wildman–Crippen MR) is 136 cm³/mol. The lowest BCUT2D eigenvalue weighted by Crippen LogP contribution is -2.44. The Balaban J connectivity index is 1.35. The van der Waals surface area contributed by atoms with Crippen LogP contribution >= 0.6 is 0 Å². The van der Waals surface area contributed by atoms with Gasteiger partial charge in [0.15, 0.2) is 0 Å². The molecule has 2 N–H and O–H groups in total. The van der Waals surface area contributed by atoms with Crippen molar-refractivity contribution in [3.63, 3.8) is 0 Å². The molecule has 0 saturated carbocycles. The number of amides is 2. The number of carbonyl (C=O) groups excluding carboxylic acids is 1. The van der Waals surface area contributed by atoms with Gasteiger partial charge in [-0.3, -0.25) is 0 Å². The molecule has 0 radical (unpaired) electrons. The third-order valence-electron chi connectivity index (χ3n) is 5.76. The Labute approximate surface area is 198 Å². The van der Waals surface area contributed by atoms with E-state index in [1.54, 1.807) is 6.33 Å². The van der Waals surface area contributed by atoms with Crippen LogP contribution in [0.3, 0.4) is 0 Å². The topological polar surface area (TPSA) is 68.2 Å². The fourth-order valence-electron chi connectivity index (χ4n) is 4.11. The summed E-state index contributed by atoms with van der Waals surface area (Å²) >= 11 is 0. The highest BCUT2D eigenvalue weighted by molar-refractivity contribution is 6.01. The SMILES string of the molecule is Cc1cccc(OC[C@H](Cn2cnc3ccccc32)NC(=O)Nc2cccc3ccccc23)c1. The van der Waals surface area contributed by atoms with Gasteiger partial charge in [-0.25, -0.2) is 9.78 Å². The molecule has 5 aromatic rings. The first-order valence-electron chi connectivity index (χ1n) is 11.3. The normalized spacial score (nSPS) is 11.9. The molecule has 0 unspecified atom stereocenters. The lowest BCUT2D eigenvalue weighted by molar-refractivity contribution is 0.227. The number of aryl methyl sites for hydroxylation is 1. The quantitative estimate of drug-likeness (QED) is 0.331. The van der Waals surface area contributed by atoms with Gasteiger partial charge in [-0.1, -0.05) is 60.7 Å². The van der Waals surface area contributed by atoms with Crippen LogP contribution in [0.15, 0.2) is 97.3 Å². The molecule has 1 atom stereocenters. The number of para-hydroxylation sites is 2. The van der Waals surface area contributed by atoms with Crippen molar-refractivity contribution in [3.05, 3.63) is 103 Å². The van der Waals surface area contributed by atoms with E-state index in [2.05, 4.69) is 15.6 Å². The number of nitrogens with one attached hydrogen (secondary N) is 2. The van der Waals surface area contributed by atoms with Gasteiger partial charge in [-0.05, 0) is 48.2 Å². The van der Waals surface area contributed by atoms with Crippen LogP contribution in [0.2, 0.25) is 0 Å². The molecular weight excluding hydrogens is 424 g/mol. The van der Waals surface area contributed by atoms with Crippen LogP contribution in [0.4, 0.5) is 10.5 Å². The number of fused-ring (bicyclic) bond motifs is 2. The summed E-state index contributed by atoms with van der Waals surface area (Å²) < 4.78 is 8.09. The Morgan fingerprint density at radius 1 is 0.971 bits per heavy atom. The van der Waals surface area contributed by atoms with Gasteiger partial charge in [0.2, 0.25) is 0 Å². The number of urea groups is 1. The number of aromatic nitrogens is 2. The molecular formula is C28H26N4O2. The standard InChI is InChI=1S/C28H26N4O2/c1-20-8-6-11-23(16-20)34-18-22(17-32-19-29-26-13-4-5-15-27(26)32)30-28(33)31-25-14-7-10-21-9-2-3-12-24(21)25/h2-16,19,22H,17-18H2,1H3,(H2,30,31,33)/t22-/m0/s1. The number of ether oxygens (including phenoxy) is 1. The van der Waals surface area contributed by atoms with E-state index in [0.717, 1.165) is 38.8 Å². The van der Waals surface area contributed by atoms with E-state index in [-0.39, 0.29) is 12.1 Å². The highest BCUT2D eigenvalue weighted by Crippen LogP contribution is 2.23. The van der Waals surface area contributed by atoms with Crippen molar-refractivity contribution >= 4 is 33.5 Å². The van der Waals surface area contributed by atoms with E-state index in [4.69, 9.17) is 4.74 Å². The van der Waals surface area contributed by atoms with Gasteiger partial charge in [-0.2, -0.15) is 0 Å². The first kappa shape index (κ1) is 21.5. The number of hydrogen-bond donors (Lipinski definition) is 2. The molecule has 0 aliphatic carbocycles. The van der Waals surface area contributed by atoms with Gasteiger partial charge >= 0.3 is 6.03 Å². The van der Waals surface area contributed by atoms with Crippen molar-refractivity contribution < 1.29 is 9.53 Å². The molecule has 4 aromatic carbocycles. The average molecular weight is 451 g/mol. The molecule has 1 heterocycles. The smallest absolute Gasteiger partial charge is 0.319 e. The van der Waals surface area contributed by atoms with Gasteiger partial charge in [0.1, 0.15) is 12.4 Å². The minimum atomic E-state index is -0.284. The number of carbonyl (C=O) groups is 1. The van der Waals surface area contributed by atoms with Crippen LogP contribution in [0.5, 0.6) is 5.75 Å². The Kier molecular flexibility index (Phi) is 6.12. The number of nitrogens with zero attached hydrogens (tertiary/aromatic N) is 2. The van der Waals surface area contributed by atoms with Crippen molar-refractivity contribution in [2.45, 2.75) is 19.5 Å². The number of anilines is 1. The molecule has 0 spiro atoms. The minimum Gasteiger partial charge on any atom is -0.491 e. The molecule has 6 heteroatoms. The van der Waals surface area contributed by atoms with Gasteiger partial charge in [0.25, 0.3) is 0 Å². The summed E-state index contributed by atoms with van der Waals surface area (Å²) in [5.41, 5.74) is 3.82. The summed E-state index contributed by atoms with van der Waals surface area (Å²) in [5.74, 6) is 0.775. The summed E-state index contributed by atoms with van der Waals surface area (Å²) in [6, 6.07) is 29.1. The average Bonchev–Trinajstić information content (AvgIpc) is 3.26. The van der Waals surface area contributed by atoms with Gasteiger partial charge < -0.3 is 19.9 Å². The molecule has 0 saturated heterocycles. The Hall–Kier alpha value is -4.32. The Morgan fingerprint density at radius 2 is 1.76 bits per heavy atom. The lowest BCUT2D eigenvalue weighted by atomic mass is 10.1. The van der Waals surface area contributed by atoms with E-state index in [9.17, 15) is 4.79 Å². The van der Waals surface area contributed by atoms with Gasteiger partial charge in [0, 0.05) is 11.9 Å². The minimum absolute atomic E-state index is 0.279.